The van der Waals surface area contributed by atoms with E-state index < -0.39 is 0 Å². The number of nitrogens with one attached hydrogen (secondary N) is 2. The minimum Gasteiger partial charge on any atom is -0.355 e. The van der Waals surface area contributed by atoms with E-state index in [2.05, 4.69) is 17.6 Å². The fraction of sp³-hybridized carbons (Fsp3) is 0.429. The largest absolute Gasteiger partial charge is 0.355 e. The van der Waals surface area contributed by atoms with Crippen LogP contribution in [0.2, 0.25) is 0 Å². The van der Waals surface area contributed by atoms with Crippen molar-refractivity contribution in [1.82, 2.24) is 5.32 Å². The number of unbranched alkanes of at least 4 members (excludes halogenated alkanes) is 2. The molecular formula is C14H20N2O2. The summed E-state index contributed by atoms with van der Waals surface area (Å²) in [5, 5.41) is 5.35. The van der Waals surface area contributed by atoms with Crippen LogP contribution < -0.4 is 10.6 Å². The van der Waals surface area contributed by atoms with Crippen LogP contribution >= 0.6 is 0 Å². The number of carbonyl (C=O) groups excluding carboxylic acids is 2. The topological polar surface area (TPSA) is 58.2 Å². The molecule has 4 nitrogen and oxygen atoms in total. The molecule has 0 aliphatic rings. The SMILES string of the molecule is CCCCCC(=O)Nc1cccc(C(=O)NC)c1. The summed E-state index contributed by atoms with van der Waals surface area (Å²) in [5.74, 6) is -0.158. The minimum absolute atomic E-state index is 0.00231. The molecule has 0 fully saturated rings. The average Bonchev–Trinajstić information content (AvgIpc) is 2.38. The smallest absolute Gasteiger partial charge is 0.251 e. The van der Waals surface area contributed by atoms with Crippen LogP contribution in [0.15, 0.2) is 24.3 Å². The maximum atomic E-state index is 11.6. The first kappa shape index (κ1) is 14.2. The normalized spacial score (nSPS) is 9.89. The number of amides is 2. The monoisotopic (exact) mass is 248 g/mol. The molecule has 1 rings (SSSR count). The lowest BCUT2D eigenvalue weighted by molar-refractivity contribution is -0.116. The fourth-order valence-corrected chi connectivity index (χ4v) is 1.64. The Labute approximate surface area is 108 Å². The summed E-state index contributed by atoms with van der Waals surface area (Å²) in [5.41, 5.74) is 1.21. The number of rotatable bonds is 6. The molecule has 0 aliphatic heterocycles. The van der Waals surface area contributed by atoms with Crippen molar-refractivity contribution in [1.29, 1.82) is 0 Å². The Morgan fingerprint density at radius 1 is 1.22 bits per heavy atom. The van der Waals surface area contributed by atoms with E-state index in [0.717, 1.165) is 19.3 Å². The van der Waals surface area contributed by atoms with Gasteiger partial charge < -0.3 is 10.6 Å². The van der Waals surface area contributed by atoms with Crippen molar-refractivity contribution >= 4 is 17.5 Å². The second-order valence-corrected chi connectivity index (χ2v) is 4.17. The van der Waals surface area contributed by atoms with Crippen molar-refractivity contribution in [3.8, 4) is 0 Å². The van der Waals surface area contributed by atoms with Crippen molar-refractivity contribution in [2.24, 2.45) is 0 Å². The summed E-state index contributed by atoms with van der Waals surface area (Å²) < 4.78 is 0. The molecular weight excluding hydrogens is 228 g/mol. The van der Waals surface area contributed by atoms with Crippen LogP contribution in [0.1, 0.15) is 43.0 Å². The minimum atomic E-state index is -0.155. The van der Waals surface area contributed by atoms with E-state index in [1.54, 1.807) is 31.3 Å². The Morgan fingerprint density at radius 2 is 2.00 bits per heavy atom. The number of carbonyl (C=O) groups is 2. The van der Waals surface area contributed by atoms with Crippen LogP contribution in [0.5, 0.6) is 0 Å². The summed E-state index contributed by atoms with van der Waals surface area (Å²) in [7, 11) is 1.58. The first-order valence-corrected chi connectivity index (χ1v) is 6.29. The van der Waals surface area contributed by atoms with Crippen LogP contribution in [0, 0.1) is 0 Å². The average molecular weight is 248 g/mol. The Bertz CT molecular complexity index is 416. The van der Waals surface area contributed by atoms with Gasteiger partial charge in [0.15, 0.2) is 0 Å². The lowest BCUT2D eigenvalue weighted by Crippen LogP contribution is -2.18. The molecule has 0 bridgehead atoms. The van der Waals surface area contributed by atoms with Crippen molar-refractivity contribution in [3.05, 3.63) is 29.8 Å². The van der Waals surface area contributed by atoms with Crippen molar-refractivity contribution in [2.75, 3.05) is 12.4 Å². The van der Waals surface area contributed by atoms with E-state index in [1.165, 1.54) is 0 Å². The van der Waals surface area contributed by atoms with Crippen LogP contribution in [0.25, 0.3) is 0 Å². The van der Waals surface area contributed by atoms with E-state index in [9.17, 15) is 9.59 Å². The quantitative estimate of drug-likeness (QED) is 0.760. The van der Waals surface area contributed by atoms with E-state index >= 15 is 0 Å². The maximum absolute atomic E-state index is 11.6. The predicted molar refractivity (Wildman–Crippen MR) is 72.6 cm³/mol. The molecule has 2 amide bonds. The van der Waals surface area contributed by atoms with Crippen LogP contribution in [-0.4, -0.2) is 18.9 Å². The number of anilines is 1. The van der Waals surface area contributed by atoms with Gasteiger partial charge in [-0.3, -0.25) is 9.59 Å². The molecule has 0 aromatic heterocycles. The summed E-state index contributed by atoms with van der Waals surface area (Å²) in [6.07, 6.45) is 3.58. The van der Waals surface area contributed by atoms with Gasteiger partial charge >= 0.3 is 0 Å². The molecule has 1 aromatic carbocycles. The Balaban J connectivity index is 2.56. The van der Waals surface area contributed by atoms with Gasteiger partial charge in [0.25, 0.3) is 5.91 Å². The van der Waals surface area contributed by atoms with Gasteiger partial charge in [-0.2, -0.15) is 0 Å². The van der Waals surface area contributed by atoms with E-state index in [4.69, 9.17) is 0 Å². The highest BCUT2D eigenvalue weighted by atomic mass is 16.2. The lowest BCUT2D eigenvalue weighted by Gasteiger charge is -2.06. The molecule has 0 heterocycles. The van der Waals surface area contributed by atoms with Crippen molar-refractivity contribution in [3.63, 3.8) is 0 Å². The zero-order valence-electron chi connectivity index (χ0n) is 11.0. The number of hydrogen-bond acceptors (Lipinski definition) is 2. The molecule has 0 atom stereocenters. The highest BCUT2D eigenvalue weighted by Crippen LogP contribution is 2.11. The molecule has 1 aromatic rings. The first-order valence-electron chi connectivity index (χ1n) is 6.29. The van der Waals surface area contributed by atoms with Crippen molar-refractivity contribution < 1.29 is 9.59 Å². The standard InChI is InChI=1S/C14H20N2O2/c1-3-4-5-9-13(17)16-12-8-6-7-11(10-12)14(18)15-2/h6-8,10H,3-5,9H2,1-2H3,(H,15,18)(H,16,17). The van der Waals surface area contributed by atoms with E-state index in [-0.39, 0.29) is 11.8 Å². The zero-order chi connectivity index (χ0) is 13.4. The molecule has 98 valence electrons. The Hall–Kier alpha value is -1.84. The third kappa shape index (κ3) is 4.57. The summed E-state index contributed by atoms with van der Waals surface area (Å²) >= 11 is 0. The number of benzene rings is 1. The van der Waals surface area contributed by atoms with Crippen LogP contribution in [-0.2, 0) is 4.79 Å². The molecule has 0 spiro atoms. The summed E-state index contributed by atoms with van der Waals surface area (Å²) in [6, 6.07) is 6.93. The third-order valence-electron chi connectivity index (χ3n) is 2.64. The molecule has 4 heteroatoms. The van der Waals surface area contributed by atoms with Gasteiger partial charge in [-0.1, -0.05) is 25.8 Å². The lowest BCUT2D eigenvalue weighted by atomic mass is 10.1. The summed E-state index contributed by atoms with van der Waals surface area (Å²) in [4.78, 5) is 23.1. The molecule has 0 saturated carbocycles. The highest BCUT2D eigenvalue weighted by molar-refractivity contribution is 5.97. The second-order valence-electron chi connectivity index (χ2n) is 4.17. The zero-order valence-corrected chi connectivity index (χ0v) is 11.0. The molecule has 18 heavy (non-hydrogen) atoms. The molecule has 2 N–H and O–H groups in total. The molecule has 0 aliphatic carbocycles. The van der Waals surface area contributed by atoms with E-state index in [0.29, 0.717) is 17.7 Å². The van der Waals surface area contributed by atoms with Gasteiger partial charge in [0.05, 0.1) is 0 Å². The van der Waals surface area contributed by atoms with Gasteiger partial charge in [-0.25, -0.2) is 0 Å². The fourth-order valence-electron chi connectivity index (χ4n) is 1.64. The molecule has 0 unspecified atom stereocenters. The van der Waals surface area contributed by atoms with Crippen LogP contribution in [0.4, 0.5) is 5.69 Å². The van der Waals surface area contributed by atoms with Crippen molar-refractivity contribution in [2.45, 2.75) is 32.6 Å². The van der Waals surface area contributed by atoms with E-state index in [1.807, 2.05) is 0 Å². The molecule has 0 saturated heterocycles. The predicted octanol–water partition coefficient (Wildman–Crippen LogP) is 2.57. The third-order valence-corrected chi connectivity index (χ3v) is 2.64. The van der Waals surface area contributed by atoms with Gasteiger partial charge in [-0.05, 0) is 24.6 Å². The van der Waals surface area contributed by atoms with Gasteiger partial charge in [-0.15, -0.1) is 0 Å². The maximum Gasteiger partial charge on any atom is 0.251 e. The molecule has 0 radical (unpaired) electrons. The highest BCUT2D eigenvalue weighted by Gasteiger charge is 2.06. The van der Waals surface area contributed by atoms with Gasteiger partial charge in [0.1, 0.15) is 0 Å². The Morgan fingerprint density at radius 3 is 2.67 bits per heavy atom. The second kappa shape index (κ2) is 7.48. The summed E-state index contributed by atoms with van der Waals surface area (Å²) in [6.45, 7) is 2.10. The first-order chi connectivity index (χ1) is 8.67. The van der Waals surface area contributed by atoms with Gasteiger partial charge in [0.2, 0.25) is 5.91 Å². The van der Waals surface area contributed by atoms with Crippen LogP contribution in [0.3, 0.4) is 0 Å². The van der Waals surface area contributed by atoms with Gasteiger partial charge in [0, 0.05) is 24.7 Å². The number of hydrogen-bond donors (Lipinski definition) is 2. The Kier molecular flexibility index (Phi) is 5.91.